The highest BCUT2D eigenvalue weighted by molar-refractivity contribution is 6.15. The molecule has 0 fully saturated rings. The fraction of sp³-hybridized carbons (Fsp3) is 0.571. The molecular weight excluding hydrogens is 148 g/mol. The van der Waals surface area contributed by atoms with Crippen LogP contribution in [-0.2, 0) is 6.42 Å². The maximum absolute atomic E-state index is 5.73. The summed E-state index contributed by atoms with van der Waals surface area (Å²) >= 11 is 5.73. The summed E-state index contributed by atoms with van der Waals surface area (Å²) in [6.07, 6.45) is 6.80. The number of aryl methyl sites for hydroxylation is 1. The first-order chi connectivity index (χ1) is 4.84. The number of imidazole rings is 1. The van der Waals surface area contributed by atoms with Gasteiger partial charge in [-0.05, 0) is 6.42 Å². The smallest absolute Gasteiger partial charge is 0.123 e. The van der Waals surface area contributed by atoms with Crippen LogP contribution in [0.15, 0.2) is 12.4 Å². The summed E-state index contributed by atoms with van der Waals surface area (Å²) in [7, 11) is 0. The zero-order valence-corrected chi connectivity index (χ0v) is 6.80. The van der Waals surface area contributed by atoms with Gasteiger partial charge in [0.25, 0.3) is 0 Å². The Labute approximate surface area is 65.9 Å². The fourth-order valence-electron chi connectivity index (χ4n) is 0.825. The van der Waals surface area contributed by atoms with Gasteiger partial charge in [-0.3, -0.25) is 0 Å². The molecular formula is C7H11ClN2. The van der Waals surface area contributed by atoms with Crippen LogP contribution in [0.3, 0.4) is 0 Å². The zero-order chi connectivity index (χ0) is 7.40. The summed E-state index contributed by atoms with van der Waals surface area (Å²) in [6, 6.07) is 0. The molecule has 0 aliphatic rings. The predicted octanol–water partition coefficient (Wildman–Crippen LogP) is 2.23. The molecule has 56 valence electrons. The molecule has 0 aliphatic carbocycles. The second-order valence-corrected chi connectivity index (χ2v) is 2.62. The van der Waals surface area contributed by atoms with Gasteiger partial charge in [0.05, 0.1) is 0 Å². The summed E-state index contributed by atoms with van der Waals surface area (Å²) in [5.41, 5.74) is 0. The predicted molar refractivity (Wildman–Crippen MR) is 42.1 cm³/mol. The van der Waals surface area contributed by atoms with Gasteiger partial charge >= 0.3 is 0 Å². The first-order valence-corrected chi connectivity index (χ1v) is 3.86. The van der Waals surface area contributed by atoms with E-state index in [1.54, 1.807) is 16.5 Å². The number of hydrogen-bond donors (Lipinski definition) is 0. The average Bonchev–Trinajstić information content (AvgIpc) is 2.31. The van der Waals surface area contributed by atoms with Crippen molar-refractivity contribution >= 4 is 11.8 Å². The first kappa shape index (κ1) is 7.61. The Kier molecular flexibility index (Phi) is 2.75. The first-order valence-electron chi connectivity index (χ1n) is 3.53. The number of rotatable bonds is 3. The van der Waals surface area contributed by atoms with Crippen LogP contribution in [0.2, 0.25) is 0 Å². The SMILES string of the molecule is CCCCc1nccn1Cl. The second kappa shape index (κ2) is 3.62. The molecule has 0 spiro atoms. The van der Waals surface area contributed by atoms with E-state index >= 15 is 0 Å². The Morgan fingerprint density at radius 1 is 1.70 bits per heavy atom. The molecule has 0 saturated carbocycles. The lowest BCUT2D eigenvalue weighted by Crippen LogP contribution is -1.91. The van der Waals surface area contributed by atoms with Gasteiger partial charge in [-0.25, -0.2) is 9.07 Å². The van der Waals surface area contributed by atoms with Crippen molar-refractivity contribution in [2.45, 2.75) is 26.2 Å². The van der Waals surface area contributed by atoms with Crippen molar-refractivity contribution in [2.75, 3.05) is 0 Å². The third-order valence-electron chi connectivity index (χ3n) is 1.42. The second-order valence-electron chi connectivity index (χ2n) is 2.26. The minimum Gasteiger partial charge on any atom is -0.246 e. The summed E-state index contributed by atoms with van der Waals surface area (Å²) in [4.78, 5) is 4.08. The van der Waals surface area contributed by atoms with Crippen molar-refractivity contribution in [2.24, 2.45) is 0 Å². The van der Waals surface area contributed by atoms with Crippen LogP contribution in [0.25, 0.3) is 0 Å². The third-order valence-corrected chi connectivity index (χ3v) is 1.73. The molecule has 3 heteroatoms. The minimum atomic E-state index is 0.962. The van der Waals surface area contributed by atoms with E-state index in [9.17, 15) is 0 Å². The highest BCUT2D eigenvalue weighted by atomic mass is 35.5. The zero-order valence-electron chi connectivity index (χ0n) is 6.05. The topological polar surface area (TPSA) is 17.8 Å². The highest BCUT2D eigenvalue weighted by Crippen LogP contribution is 2.03. The van der Waals surface area contributed by atoms with E-state index in [4.69, 9.17) is 11.8 Å². The van der Waals surface area contributed by atoms with Crippen LogP contribution in [0.5, 0.6) is 0 Å². The molecule has 1 heterocycles. The van der Waals surface area contributed by atoms with Gasteiger partial charge in [-0.15, -0.1) is 0 Å². The van der Waals surface area contributed by atoms with E-state index in [-0.39, 0.29) is 0 Å². The third kappa shape index (κ3) is 1.74. The van der Waals surface area contributed by atoms with E-state index in [0.29, 0.717) is 0 Å². The van der Waals surface area contributed by atoms with Crippen LogP contribution in [0.1, 0.15) is 25.6 Å². The summed E-state index contributed by atoms with van der Waals surface area (Å²) < 4.78 is 1.55. The van der Waals surface area contributed by atoms with Crippen molar-refractivity contribution in [1.82, 2.24) is 9.07 Å². The van der Waals surface area contributed by atoms with Crippen LogP contribution < -0.4 is 0 Å². The van der Waals surface area contributed by atoms with Gasteiger partial charge in [0.2, 0.25) is 0 Å². The summed E-state index contributed by atoms with van der Waals surface area (Å²) in [5.74, 6) is 0.962. The molecule has 0 amide bonds. The van der Waals surface area contributed by atoms with Crippen molar-refractivity contribution in [3.05, 3.63) is 18.2 Å². The monoisotopic (exact) mass is 158 g/mol. The van der Waals surface area contributed by atoms with Gasteiger partial charge in [0, 0.05) is 30.6 Å². The number of unbranched alkanes of at least 4 members (excludes halogenated alkanes) is 1. The molecule has 10 heavy (non-hydrogen) atoms. The summed E-state index contributed by atoms with van der Waals surface area (Å²) in [6.45, 7) is 2.15. The quantitative estimate of drug-likeness (QED) is 0.660. The fourth-order valence-corrected chi connectivity index (χ4v) is 1.00. The Hall–Kier alpha value is -0.500. The molecule has 0 N–H and O–H groups in total. The Morgan fingerprint density at radius 2 is 2.50 bits per heavy atom. The van der Waals surface area contributed by atoms with Crippen molar-refractivity contribution in [3.8, 4) is 0 Å². The van der Waals surface area contributed by atoms with Gasteiger partial charge in [0.1, 0.15) is 5.82 Å². The van der Waals surface area contributed by atoms with E-state index < -0.39 is 0 Å². The van der Waals surface area contributed by atoms with Gasteiger partial charge in [-0.1, -0.05) is 13.3 Å². The number of aromatic nitrogens is 2. The Balaban J connectivity index is 2.49. The molecule has 1 rings (SSSR count). The van der Waals surface area contributed by atoms with Crippen LogP contribution in [0, 0.1) is 0 Å². The lowest BCUT2D eigenvalue weighted by Gasteiger charge is -1.95. The normalized spacial score (nSPS) is 10.2. The molecule has 2 nitrogen and oxygen atoms in total. The molecule has 0 aliphatic heterocycles. The maximum atomic E-state index is 5.73. The molecule has 0 saturated heterocycles. The molecule has 0 aromatic carbocycles. The van der Waals surface area contributed by atoms with E-state index in [0.717, 1.165) is 18.7 Å². The van der Waals surface area contributed by atoms with Crippen LogP contribution in [-0.4, -0.2) is 9.07 Å². The molecule has 0 atom stereocenters. The largest absolute Gasteiger partial charge is 0.246 e. The van der Waals surface area contributed by atoms with Gasteiger partial charge < -0.3 is 0 Å². The van der Waals surface area contributed by atoms with Crippen molar-refractivity contribution in [3.63, 3.8) is 0 Å². The van der Waals surface area contributed by atoms with Crippen LogP contribution in [0.4, 0.5) is 0 Å². The number of hydrogen-bond acceptors (Lipinski definition) is 1. The molecule has 1 aromatic heterocycles. The standard InChI is InChI=1S/C7H11ClN2/c1-2-3-4-7-9-5-6-10(7)8/h5-6H,2-4H2,1H3. The van der Waals surface area contributed by atoms with Crippen molar-refractivity contribution in [1.29, 1.82) is 0 Å². The Bertz CT molecular complexity index is 195. The van der Waals surface area contributed by atoms with Crippen LogP contribution >= 0.6 is 11.8 Å². The highest BCUT2D eigenvalue weighted by Gasteiger charge is 1.97. The number of halogens is 1. The minimum absolute atomic E-state index is 0.962. The Morgan fingerprint density at radius 3 is 3.00 bits per heavy atom. The molecule has 0 unspecified atom stereocenters. The molecule has 1 aromatic rings. The lowest BCUT2D eigenvalue weighted by atomic mass is 10.2. The molecule has 0 bridgehead atoms. The molecule has 0 radical (unpaired) electrons. The average molecular weight is 159 g/mol. The van der Waals surface area contributed by atoms with E-state index in [1.165, 1.54) is 6.42 Å². The van der Waals surface area contributed by atoms with Gasteiger partial charge in [-0.2, -0.15) is 0 Å². The van der Waals surface area contributed by atoms with Crippen molar-refractivity contribution < 1.29 is 0 Å². The lowest BCUT2D eigenvalue weighted by molar-refractivity contribution is 0.753. The summed E-state index contributed by atoms with van der Waals surface area (Å²) in [5, 5.41) is 0. The number of nitrogens with zero attached hydrogens (tertiary/aromatic N) is 2. The van der Waals surface area contributed by atoms with E-state index in [2.05, 4.69) is 11.9 Å². The van der Waals surface area contributed by atoms with Gasteiger partial charge in [0.15, 0.2) is 0 Å². The maximum Gasteiger partial charge on any atom is 0.123 e. The van der Waals surface area contributed by atoms with E-state index in [1.807, 2.05) is 0 Å².